The predicted molar refractivity (Wildman–Crippen MR) is 95.2 cm³/mol. The highest BCUT2D eigenvalue weighted by Crippen LogP contribution is 2.30. The van der Waals surface area contributed by atoms with Crippen LogP contribution in [0.2, 0.25) is 10.0 Å². The molecule has 0 spiro atoms. The van der Waals surface area contributed by atoms with Crippen LogP contribution in [-0.4, -0.2) is 33.3 Å². The van der Waals surface area contributed by atoms with Crippen molar-refractivity contribution in [3.63, 3.8) is 0 Å². The van der Waals surface area contributed by atoms with Crippen LogP contribution in [0.15, 0.2) is 48.7 Å². The highest BCUT2D eigenvalue weighted by atomic mass is 35.5. The van der Waals surface area contributed by atoms with E-state index < -0.39 is 11.9 Å². The first-order chi connectivity index (χ1) is 11.9. The quantitative estimate of drug-likeness (QED) is 0.708. The highest BCUT2D eigenvalue weighted by molar-refractivity contribution is 6.42. The third-order valence-electron chi connectivity index (χ3n) is 3.51. The number of benzene rings is 1. The molecule has 0 bridgehead atoms. The Morgan fingerprint density at radius 3 is 2.40 bits per heavy atom. The number of rotatable bonds is 3. The smallest absolute Gasteiger partial charge is 0.328 e. The Morgan fingerprint density at radius 1 is 1.12 bits per heavy atom. The van der Waals surface area contributed by atoms with E-state index in [1.165, 1.54) is 5.69 Å². The number of carbonyl (C=O) groups is 2. The summed E-state index contributed by atoms with van der Waals surface area (Å²) in [6.45, 7) is 1.98. The molecule has 6 nitrogen and oxygen atoms in total. The molecule has 1 aliphatic rings. The van der Waals surface area contributed by atoms with E-state index >= 15 is 0 Å². The topological polar surface area (TPSA) is 91.6 Å². The van der Waals surface area contributed by atoms with Gasteiger partial charge in [-0.1, -0.05) is 29.3 Å². The maximum atomic E-state index is 9.55. The molecule has 132 valence electrons. The Kier molecular flexibility index (Phi) is 6.64. The second-order valence-electron chi connectivity index (χ2n) is 5.20. The normalized spacial score (nSPS) is 16.0. The van der Waals surface area contributed by atoms with E-state index in [1.807, 2.05) is 18.2 Å². The molecule has 25 heavy (non-hydrogen) atoms. The van der Waals surface area contributed by atoms with Crippen LogP contribution in [0.3, 0.4) is 0 Å². The van der Waals surface area contributed by atoms with Gasteiger partial charge in [-0.25, -0.2) is 9.59 Å². The molecule has 0 amide bonds. The molecule has 2 aromatic rings. The molecular formula is C17H16Cl2N2O4. The zero-order valence-electron chi connectivity index (χ0n) is 13.0. The summed E-state index contributed by atoms with van der Waals surface area (Å²) in [5, 5.41) is 20.3. The molecule has 1 aromatic carbocycles. The molecule has 1 unspecified atom stereocenters. The van der Waals surface area contributed by atoms with Crippen molar-refractivity contribution in [2.45, 2.75) is 12.6 Å². The largest absolute Gasteiger partial charge is 0.478 e. The van der Waals surface area contributed by atoms with Crippen molar-refractivity contribution in [2.75, 3.05) is 6.54 Å². The summed E-state index contributed by atoms with van der Waals surface area (Å²) in [6, 6.07) is 10.2. The van der Waals surface area contributed by atoms with Crippen LogP contribution in [0.25, 0.3) is 0 Å². The van der Waals surface area contributed by atoms with Crippen LogP contribution < -0.4 is 5.32 Å². The minimum atomic E-state index is -1.26. The SMILES string of the molecule is Clc1ccc(C2NCCn3cccc32)cc1Cl.O=C(O)/C=C/C(=O)O. The first-order valence-corrected chi connectivity index (χ1v) is 8.11. The van der Waals surface area contributed by atoms with E-state index in [0.717, 1.165) is 18.7 Å². The van der Waals surface area contributed by atoms with E-state index in [1.54, 1.807) is 0 Å². The van der Waals surface area contributed by atoms with Crippen molar-refractivity contribution in [3.05, 3.63) is 70.0 Å². The number of nitrogens with zero attached hydrogens (tertiary/aromatic N) is 1. The van der Waals surface area contributed by atoms with Gasteiger partial charge in [0.05, 0.1) is 16.1 Å². The summed E-state index contributed by atoms with van der Waals surface area (Å²) >= 11 is 12.0. The fourth-order valence-corrected chi connectivity index (χ4v) is 2.76. The number of aliphatic carboxylic acids is 2. The van der Waals surface area contributed by atoms with Gasteiger partial charge in [-0.2, -0.15) is 0 Å². The average molecular weight is 383 g/mol. The molecule has 3 rings (SSSR count). The van der Waals surface area contributed by atoms with Crippen molar-refractivity contribution >= 4 is 35.1 Å². The van der Waals surface area contributed by atoms with Crippen LogP contribution in [0.4, 0.5) is 0 Å². The third-order valence-corrected chi connectivity index (χ3v) is 4.25. The van der Waals surface area contributed by atoms with Gasteiger partial charge in [0, 0.05) is 37.1 Å². The van der Waals surface area contributed by atoms with Crippen LogP contribution in [0, 0.1) is 0 Å². The maximum absolute atomic E-state index is 9.55. The van der Waals surface area contributed by atoms with Crippen molar-refractivity contribution < 1.29 is 19.8 Å². The minimum absolute atomic E-state index is 0.202. The summed E-state index contributed by atoms with van der Waals surface area (Å²) in [6.07, 6.45) is 3.23. The number of carboxylic acids is 2. The van der Waals surface area contributed by atoms with Crippen LogP contribution in [0.1, 0.15) is 17.3 Å². The van der Waals surface area contributed by atoms with Crippen molar-refractivity contribution in [3.8, 4) is 0 Å². The standard InChI is InChI=1S/C13H12Cl2N2.C4H4O4/c14-10-4-3-9(8-11(10)15)13-12-2-1-6-17(12)7-5-16-13;5-3(6)1-2-4(7)8/h1-4,6,8,13,16H,5,7H2;1-2H,(H,5,6)(H,7,8)/b;2-1+. The highest BCUT2D eigenvalue weighted by Gasteiger charge is 2.21. The Morgan fingerprint density at radius 2 is 1.80 bits per heavy atom. The number of hydrogen-bond donors (Lipinski definition) is 3. The second kappa shape index (κ2) is 8.71. The van der Waals surface area contributed by atoms with Gasteiger partial charge < -0.3 is 20.1 Å². The summed E-state index contributed by atoms with van der Waals surface area (Å²) in [5.74, 6) is -2.51. The van der Waals surface area contributed by atoms with E-state index in [2.05, 4.69) is 28.2 Å². The Bertz CT molecular complexity index is 786. The molecule has 1 atom stereocenters. The fourth-order valence-electron chi connectivity index (χ4n) is 2.45. The van der Waals surface area contributed by atoms with Gasteiger partial charge in [0.2, 0.25) is 0 Å². The fraction of sp³-hybridized carbons (Fsp3) is 0.176. The molecule has 2 heterocycles. The Balaban J connectivity index is 0.000000242. The predicted octanol–water partition coefficient (Wildman–Crippen LogP) is 3.20. The van der Waals surface area contributed by atoms with Gasteiger partial charge in [-0.3, -0.25) is 0 Å². The maximum Gasteiger partial charge on any atom is 0.328 e. The molecule has 0 saturated heterocycles. The number of fused-ring (bicyclic) bond motifs is 1. The monoisotopic (exact) mass is 382 g/mol. The van der Waals surface area contributed by atoms with Crippen LogP contribution in [-0.2, 0) is 16.1 Å². The van der Waals surface area contributed by atoms with Crippen molar-refractivity contribution in [1.82, 2.24) is 9.88 Å². The lowest BCUT2D eigenvalue weighted by Crippen LogP contribution is -2.33. The Hall–Kier alpha value is -2.28. The van der Waals surface area contributed by atoms with Crippen molar-refractivity contribution in [1.29, 1.82) is 0 Å². The lowest BCUT2D eigenvalue weighted by molar-refractivity contribution is -0.134. The summed E-state index contributed by atoms with van der Waals surface area (Å²) in [5.41, 5.74) is 2.42. The second-order valence-corrected chi connectivity index (χ2v) is 6.01. The zero-order valence-corrected chi connectivity index (χ0v) is 14.5. The lowest BCUT2D eigenvalue weighted by atomic mass is 10.0. The number of halogens is 2. The van der Waals surface area contributed by atoms with E-state index in [0.29, 0.717) is 22.2 Å². The first-order valence-electron chi connectivity index (χ1n) is 7.36. The Labute approximate surface area is 154 Å². The average Bonchev–Trinajstić information content (AvgIpc) is 3.05. The lowest BCUT2D eigenvalue weighted by Gasteiger charge is -2.27. The van der Waals surface area contributed by atoms with Crippen LogP contribution >= 0.6 is 23.2 Å². The summed E-state index contributed by atoms with van der Waals surface area (Å²) < 4.78 is 2.27. The molecule has 8 heteroatoms. The van der Waals surface area contributed by atoms with Gasteiger partial charge >= 0.3 is 11.9 Å². The number of hydrogen-bond acceptors (Lipinski definition) is 3. The molecule has 0 radical (unpaired) electrons. The van der Waals surface area contributed by atoms with Crippen LogP contribution in [0.5, 0.6) is 0 Å². The van der Waals surface area contributed by atoms with Gasteiger partial charge in [0.1, 0.15) is 0 Å². The van der Waals surface area contributed by atoms with Gasteiger partial charge in [0.15, 0.2) is 0 Å². The van der Waals surface area contributed by atoms with E-state index in [-0.39, 0.29) is 6.04 Å². The van der Waals surface area contributed by atoms with Crippen molar-refractivity contribution in [2.24, 2.45) is 0 Å². The van der Waals surface area contributed by atoms with E-state index in [4.69, 9.17) is 33.4 Å². The molecule has 0 saturated carbocycles. The third kappa shape index (κ3) is 5.35. The minimum Gasteiger partial charge on any atom is -0.478 e. The molecule has 3 N–H and O–H groups in total. The van der Waals surface area contributed by atoms with Gasteiger partial charge in [-0.05, 0) is 29.8 Å². The van der Waals surface area contributed by atoms with Gasteiger partial charge in [-0.15, -0.1) is 0 Å². The van der Waals surface area contributed by atoms with Gasteiger partial charge in [0.25, 0.3) is 0 Å². The molecule has 1 aromatic heterocycles. The molecular weight excluding hydrogens is 367 g/mol. The summed E-state index contributed by atoms with van der Waals surface area (Å²) in [7, 11) is 0. The summed E-state index contributed by atoms with van der Waals surface area (Å²) in [4.78, 5) is 19.1. The number of aromatic nitrogens is 1. The molecule has 1 aliphatic heterocycles. The molecule has 0 fully saturated rings. The number of nitrogens with one attached hydrogen (secondary N) is 1. The van der Waals surface area contributed by atoms with E-state index in [9.17, 15) is 9.59 Å². The molecule has 0 aliphatic carbocycles. The first kappa shape index (κ1) is 19.1. The number of carboxylic acid groups (broad SMARTS) is 2. The zero-order chi connectivity index (χ0) is 18.4.